The number of carbonyl (C=O) groups is 1. The van der Waals surface area contributed by atoms with Crippen LogP contribution in [-0.2, 0) is 4.79 Å². The maximum atomic E-state index is 12.7. The monoisotopic (exact) mass is 409 g/mol. The third-order valence-corrected chi connectivity index (χ3v) is 5.77. The summed E-state index contributed by atoms with van der Waals surface area (Å²) in [6.45, 7) is 7.06. The summed E-state index contributed by atoms with van der Waals surface area (Å²) in [6, 6.07) is 11.7. The number of aromatic nitrogens is 2. The zero-order valence-corrected chi connectivity index (χ0v) is 17.5. The van der Waals surface area contributed by atoms with Crippen LogP contribution >= 0.6 is 11.8 Å². The standard InChI is InChI=1S/C22H23N3O3S/c1-14-4-5-15(2)18(12-14)25-9-8-23-22(25)29-16(3)21(26)24-17-6-7-19-20(13-17)28-11-10-27-19/h4-9,12-13,16H,10-11H2,1-3H3,(H,24,26). The van der Waals surface area contributed by atoms with Crippen molar-refractivity contribution in [1.82, 2.24) is 9.55 Å². The molecule has 1 atom stereocenters. The number of aryl methyl sites for hydroxylation is 2. The van der Waals surface area contributed by atoms with Crippen molar-refractivity contribution in [2.45, 2.75) is 31.2 Å². The summed E-state index contributed by atoms with van der Waals surface area (Å²) >= 11 is 1.43. The highest BCUT2D eigenvalue weighted by Crippen LogP contribution is 2.33. The van der Waals surface area contributed by atoms with E-state index in [-0.39, 0.29) is 11.2 Å². The van der Waals surface area contributed by atoms with E-state index in [9.17, 15) is 4.79 Å². The van der Waals surface area contributed by atoms with Crippen LogP contribution in [-0.4, -0.2) is 33.9 Å². The topological polar surface area (TPSA) is 65.4 Å². The van der Waals surface area contributed by atoms with E-state index >= 15 is 0 Å². The predicted molar refractivity (Wildman–Crippen MR) is 114 cm³/mol. The minimum Gasteiger partial charge on any atom is -0.486 e. The van der Waals surface area contributed by atoms with Crippen LogP contribution in [0.3, 0.4) is 0 Å². The van der Waals surface area contributed by atoms with E-state index in [0.29, 0.717) is 30.4 Å². The molecule has 0 saturated heterocycles. The molecule has 1 amide bonds. The fourth-order valence-electron chi connectivity index (χ4n) is 3.12. The molecule has 0 saturated carbocycles. The van der Waals surface area contributed by atoms with Crippen LogP contribution in [0.25, 0.3) is 5.69 Å². The van der Waals surface area contributed by atoms with Crippen molar-refractivity contribution < 1.29 is 14.3 Å². The maximum Gasteiger partial charge on any atom is 0.237 e. The molecule has 7 heteroatoms. The molecule has 4 rings (SSSR count). The number of nitrogens with zero attached hydrogens (tertiary/aromatic N) is 2. The summed E-state index contributed by atoms with van der Waals surface area (Å²) in [5, 5.41) is 3.41. The molecule has 1 aliphatic rings. The highest BCUT2D eigenvalue weighted by atomic mass is 32.2. The molecule has 1 aliphatic heterocycles. The average molecular weight is 410 g/mol. The van der Waals surface area contributed by atoms with Crippen molar-refractivity contribution >= 4 is 23.4 Å². The second-order valence-electron chi connectivity index (χ2n) is 6.98. The van der Waals surface area contributed by atoms with E-state index in [1.54, 1.807) is 12.3 Å². The van der Waals surface area contributed by atoms with Gasteiger partial charge in [-0.2, -0.15) is 0 Å². The van der Waals surface area contributed by atoms with Gasteiger partial charge in [-0.25, -0.2) is 4.98 Å². The van der Waals surface area contributed by atoms with Gasteiger partial charge in [-0.1, -0.05) is 23.9 Å². The van der Waals surface area contributed by atoms with Gasteiger partial charge in [0.05, 0.1) is 10.9 Å². The number of ether oxygens (including phenoxy) is 2. The molecule has 0 radical (unpaired) electrons. The molecular weight excluding hydrogens is 386 g/mol. The van der Waals surface area contributed by atoms with E-state index < -0.39 is 0 Å². The lowest BCUT2D eigenvalue weighted by Gasteiger charge is -2.19. The Hall–Kier alpha value is -2.93. The van der Waals surface area contributed by atoms with Gasteiger partial charge in [0.2, 0.25) is 5.91 Å². The summed E-state index contributed by atoms with van der Waals surface area (Å²) in [7, 11) is 0. The van der Waals surface area contributed by atoms with E-state index in [1.807, 2.05) is 29.8 Å². The summed E-state index contributed by atoms with van der Waals surface area (Å²) in [6.07, 6.45) is 3.69. The minimum absolute atomic E-state index is 0.0952. The Bertz CT molecular complexity index is 1050. The molecule has 1 N–H and O–H groups in total. The number of nitrogens with one attached hydrogen (secondary N) is 1. The van der Waals surface area contributed by atoms with Crippen molar-refractivity contribution in [1.29, 1.82) is 0 Å². The van der Waals surface area contributed by atoms with Crippen molar-refractivity contribution in [3.05, 3.63) is 59.9 Å². The van der Waals surface area contributed by atoms with E-state index in [4.69, 9.17) is 9.47 Å². The SMILES string of the molecule is Cc1ccc(C)c(-n2ccnc2SC(C)C(=O)Nc2ccc3c(c2)OCCO3)c1. The van der Waals surface area contributed by atoms with Crippen molar-refractivity contribution in [3.8, 4) is 17.2 Å². The van der Waals surface area contributed by atoms with Crippen LogP contribution in [0, 0.1) is 13.8 Å². The molecule has 0 fully saturated rings. The molecule has 1 aromatic heterocycles. The maximum absolute atomic E-state index is 12.7. The first-order valence-corrected chi connectivity index (χ1v) is 10.4. The fourth-order valence-corrected chi connectivity index (χ4v) is 3.99. The van der Waals surface area contributed by atoms with Gasteiger partial charge in [0.25, 0.3) is 0 Å². The Morgan fingerprint density at radius 3 is 2.76 bits per heavy atom. The number of rotatable bonds is 5. The van der Waals surface area contributed by atoms with Gasteiger partial charge in [0, 0.05) is 24.1 Å². The number of amides is 1. The number of thioether (sulfide) groups is 1. The lowest BCUT2D eigenvalue weighted by atomic mass is 10.1. The van der Waals surface area contributed by atoms with Crippen LogP contribution in [0.4, 0.5) is 5.69 Å². The molecule has 2 aromatic carbocycles. The third kappa shape index (κ3) is 4.24. The molecule has 0 bridgehead atoms. The van der Waals surface area contributed by atoms with E-state index in [2.05, 4.69) is 42.3 Å². The summed E-state index contributed by atoms with van der Waals surface area (Å²) in [5.74, 6) is 1.26. The Kier molecular flexibility index (Phi) is 5.49. The van der Waals surface area contributed by atoms with Gasteiger partial charge in [0.1, 0.15) is 13.2 Å². The van der Waals surface area contributed by atoms with Crippen LogP contribution < -0.4 is 14.8 Å². The number of fused-ring (bicyclic) bond motifs is 1. The van der Waals surface area contributed by atoms with E-state index in [0.717, 1.165) is 16.4 Å². The van der Waals surface area contributed by atoms with Crippen LogP contribution in [0.1, 0.15) is 18.1 Å². The molecule has 2 heterocycles. The number of anilines is 1. The van der Waals surface area contributed by atoms with E-state index in [1.165, 1.54) is 17.3 Å². The molecule has 0 spiro atoms. The van der Waals surface area contributed by atoms with Crippen molar-refractivity contribution in [2.24, 2.45) is 0 Å². The quantitative estimate of drug-likeness (QED) is 0.634. The smallest absolute Gasteiger partial charge is 0.237 e. The average Bonchev–Trinajstić information content (AvgIpc) is 3.17. The Balaban J connectivity index is 1.47. The fraction of sp³-hybridized carbons (Fsp3) is 0.273. The van der Waals surface area contributed by atoms with Gasteiger partial charge in [-0.05, 0) is 50.1 Å². The van der Waals surface area contributed by atoms with Crippen molar-refractivity contribution in [3.63, 3.8) is 0 Å². The van der Waals surface area contributed by atoms with Gasteiger partial charge in [-0.15, -0.1) is 0 Å². The van der Waals surface area contributed by atoms with Crippen molar-refractivity contribution in [2.75, 3.05) is 18.5 Å². The molecule has 6 nitrogen and oxygen atoms in total. The second kappa shape index (κ2) is 8.21. The Labute approximate surface area is 174 Å². The Morgan fingerprint density at radius 2 is 1.93 bits per heavy atom. The molecule has 29 heavy (non-hydrogen) atoms. The lowest BCUT2D eigenvalue weighted by molar-refractivity contribution is -0.115. The molecule has 0 aliphatic carbocycles. The highest BCUT2D eigenvalue weighted by Gasteiger charge is 2.20. The highest BCUT2D eigenvalue weighted by molar-refractivity contribution is 8.00. The first-order chi connectivity index (χ1) is 14.0. The second-order valence-corrected chi connectivity index (χ2v) is 8.29. The third-order valence-electron chi connectivity index (χ3n) is 4.69. The Morgan fingerprint density at radius 1 is 1.14 bits per heavy atom. The predicted octanol–water partition coefficient (Wildman–Crippen LogP) is 4.38. The molecule has 3 aromatic rings. The number of benzene rings is 2. The van der Waals surface area contributed by atoms with Gasteiger partial charge < -0.3 is 14.8 Å². The molecule has 150 valence electrons. The van der Waals surface area contributed by atoms with Gasteiger partial charge in [-0.3, -0.25) is 9.36 Å². The zero-order chi connectivity index (χ0) is 20.4. The summed E-state index contributed by atoms with van der Waals surface area (Å²) in [5.41, 5.74) is 4.09. The molecule has 1 unspecified atom stereocenters. The molecular formula is C22H23N3O3S. The number of imidazole rings is 1. The minimum atomic E-state index is -0.325. The van der Waals surface area contributed by atoms with Crippen LogP contribution in [0.2, 0.25) is 0 Å². The van der Waals surface area contributed by atoms with Gasteiger partial charge >= 0.3 is 0 Å². The largest absolute Gasteiger partial charge is 0.486 e. The van der Waals surface area contributed by atoms with Gasteiger partial charge in [0.15, 0.2) is 16.7 Å². The summed E-state index contributed by atoms with van der Waals surface area (Å²) < 4.78 is 13.1. The zero-order valence-electron chi connectivity index (χ0n) is 16.6. The van der Waals surface area contributed by atoms with Crippen LogP contribution in [0.15, 0.2) is 53.9 Å². The number of hydrogen-bond donors (Lipinski definition) is 1. The summed E-state index contributed by atoms with van der Waals surface area (Å²) in [4.78, 5) is 17.2. The first-order valence-electron chi connectivity index (χ1n) is 9.49. The number of hydrogen-bond acceptors (Lipinski definition) is 5. The first kappa shape index (κ1) is 19.4. The van der Waals surface area contributed by atoms with Crippen LogP contribution in [0.5, 0.6) is 11.5 Å². The number of carbonyl (C=O) groups excluding carboxylic acids is 1. The normalized spacial score (nSPS) is 13.8. The lowest BCUT2D eigenvalue weighted by Crippen LogP contribution is -2.23.